The van der Waals surface area contributed by atoms with Gasteiger partial charge in [-0.3, -0.25) is 0 Å². The van der Waals surface area contributed by atoms with Crippen molar-refractivity contribution in [3.05, 3.63) is 12.4 Å². The number of nitrogens with two attached hydrogens (primary N) is 4. The van der Waals surface area contributed by atoms with E-state index in [-0.39, 0.29) is 18.0 Å². The van der Waals surface area contributed by atoms with E-state index >= 15 is 0 Å². The maximum atomic E-state index is 5.51. The van der Waals surface area contributed by atoms with Crippen molar-refractivity contribution in [1.82, 2.24) is 9.97 Å². The molecule has 2 atom stereocenters. The summed E-state index contributed by atoms with van der Waals surface area (Å²) in [7, 11) is 0. The van der Waals surface area contributed by atoms with Crippen molar-refractivity contribution in [2.75, 3.05) is 11.5 Å². The van der Waals surface area contributed by atoms with E-state index in [0.29, 0.717) is 11.6 Å². The average molecular weight is 236 g/mol. The minimum atomic E-state index is -0.206. The molecule has 2 unspecified atom stereocenters. The smallest absolute Gasteiger partial charge is 0.216 e. The normalized spacial score (nSPS) is 22.4. The van der Waals surface area contributed by atoms with E-state index in [0.717, 1.165) is 0 Å². The second-order valence-electron chi connectivity index (χ2n) is 3.48. The molecule has 0 aromatic carbocycles. The van der Waals surface area contributed by atoms with E-state index in [9.17, 15) is 0 Å². The van der Waals surface area contributed by atoms with Gasteiger partial charge in [0, 0.05) is 18.2 Å². The van der Waals surface area contributed by atoms with Crippen LogP contribution in [-0.4, -0.2) is 28.3 Å². The van der Waals surface area contributed by atoms with Gasteiger partial charge in [-0.25, -0.2) is 20.0 Å². The molecule has 2 rings (SSSR count). The fourth-order valence-electron chi connectivity index (χ4n) is 0.974. The number of aromatic nitrogens is 2. The van der Waals surface area contributed by atoms with E-state index < -0.39 is 0 Å². The standard InChI is InChI=1S/C5H10N4.C4H6N4/c1-3-2-8-5(7)9-4(3)6;5-3-1-4(6)8-2-7-3/h2-4H,6H2,1H3,(H2,7,9);1-2H,(H4,5,6,7,8). The van der Waals surface area contributed by atoms with Gasteiger partial charge in [0.25, 0.3) is 0 Å². The van der Waals surface area contributed by atoms with Crippen LogP contribution in [0.25, 0.3) is 0 Å². The van der Waals surface area contributed by atoms with Crippen molar-refractivity contribution in [3.63, 3.8) is 0 Å². The lowest BCUT2D eigenvalue weighted by Gasteiger charge is -2.14. The number of guanidine groups is 1. The molecular formula is C9H16N8. The molecule has 92 valence electrons. The molecule has 8 heteroatoms. The first-order valence-corrected chi connectivity index (χ1v) is 4.95. The Labute approximate surface area is 98.8 Å². The van der Waals surface area contributed by atoms with Crippen LogP contribution >= 0.6 is 0 Å². The summed E-state index contributed by atoms with van der Waals surface area (Å²) in [6, 6.07) is 1.50. The van der Waals surface area contributed by atoms with Crippen LogP contribution in [0.1, 0.15) is 6.92 Å². The van der Waals surface area contributed by atoms with Gasteiger partial charge in [-0.2, -0.15) is 0 Å². The summed E-state index contributed by atoms with van der Waals surface area (Å²) in [5.41, 5.74) is 21.2. The summed E-state index contributed by atoms with van der Waals surface area (Å²) < 4.78 is 0. The van der Waals surface area contributed by atoms with Gasteiger partial charge in [0.1, 0.15) is 24.1 Å². The number of aliphatic imine (C=N–C) groups is 2. The quantitative estimate of drug-likeness (QED) is 0.450. The number of nitrogens with zero attached hydrogens (tertiary/aromatic N) is 4. The van der Waals surface area contributed by atoms with Crippen LogP contribution in [0.2, 0.25) is 0 Å². The van der Waals surface area contributed by atoms with Crippen molar-refractivity contribution in [1.29, 1.82) is 0 Å². The van der Waals surface area contributed by atoms with Gasteiger partial charge in [-0.15, -0.1) is 0 Å². The third kappa shape index (κ3) is 4.43. The first kappa shape index (κ1) is 12.8. The van der Waals surface area contributed by atoms with E-state index in [1.165, 1.54) is 12.4 Å². The number of hydrogen-bond donors (Lipinski definition) is 4. The molecule has 0 aliphatic carbocycles. The molecular weight excluding hydrogens is 220 g/mol. The summed E-state index contributed by atoms with van der Waals surface area (Å²) in [6.45, 7) is 1.95. The van der Waals surface area contributed by atoms with E-state index in [4.69, 9.17) is 22.9 Å². The van der Waals surface area contributed by atoms with E-state index in [1.807, 2.05) is 6.92 Å². The Hall–Kier alpha value is -2.22. The third-order valence-electron chi connectivity index (χ3n) is 1.97. The lowest BCUT2D eigenvalue weighted by atomic mass is 10.1. The topological polar surface area (TPSA) is 155 Å². The molecule has 0 radical (unpaired) electrons. The predicted octanol–water partition coefficient (Wildman–Crippen LogP) is -1.05. The van der Waals surface area contributed by atoms with Crippen LogP contribution in [0.15, 0.2) is 22.4 Å². The summed E-state index contributed by atoms with van der Waals surface area (Å²) in [5.74, 6) is 1.29. The molecule has 2 heterocycles. The SMILES string of the molecule is CC1C=NC(N)=NC1N.Nc1cc(N)ncn1. The molecule has 17 heavy (non-hydrogen) atoms. The summed E-state index contributed by atoms with van der Waals surface area (Å²) >= 11 is 0. The van der Waals surface area contributed by atoms with Crippen LogP contribution in [0, 0.1) is 5.92 Å². The molecule has 0 bridgehead atoms. The minimum absolute atomic E-state index is 0.206. The number of hydrogen-bond acceptors (Lipinski definition) is 8. The van der Waals surface area contributed by atoms with Gasteiger partial charge in [0.15, 0.2) is 0 Å². The van der Waals surface area contributed by atoms with Crippen LogP contribution < -0.4 is 22.9 Å². The largest absolute Gasteiger partial charge is 0.384 e. The molecule has 1 aromatic rings. The van der Waals surface area contributed by atoms with Crippen LogP contribution in [0.3, 0.4) is 0 Å². The molecule has 1 aromatic heterocycles. The second kappa shape index (κ2) is 5.75. The van der Waals surface area contributed by atoms with Gasteiger partial charge in [0.2, 0.25) is 5.96 Å². The van der Waals surface area contributed by atoms with Crippen LogP contribution in [-0.2, 0) is 0 Å². The van der Waals surface area contributed by atoms with Crippen molar-refractivity contribution in [2.45, 2.75) is 13.1 Å². The van der Waals surface area contributed by atoms with Crippen LogP contribution in [0.4, 0.5) is 11.6 Å². The molecule has 0 spiro atoms. The minimum Gasteiger partial charge on any atom is -0.384 e. The van der Waals surface area contributed by atoms with Gasteiger partial charge in [-0.05, 0) is 0 Å². The maximum absolute atomic E-state index is 5.51. The fraction of sp³-hybridized carbons (Fsp3) is 0.333. The highest BCUT2D eigenvalue weighted by Gasteiger charge is 2.12. The van der Waals surface area contributed by atoms with Gasteiger partial charge in [-0.1, -0.05) is 6.92 Å². The lowest BCUT2D eigenvalue weighted by Crippen LogP contribution is -2.33. The van der Waals surface area contributed by atoms with E-state index in [1.54, 1.807) is 6.21 Å². The van der Waals surface area contributed by atoms with Crippen molar-refractivity contribution in [2.24, 2.45) is 27.4 Å². The molecule has 0 fully saturated rings. The molecule has 0 amide bonds. The molecule has 1 aliphatic heterocycles. The van der Waals surface area contributed by atoms with Crippen molar-refractivity contribution >= 4 is 23.8 Å². The first-order chi connectivity index (χ1) is 7.99. The number of anilines is 2. The summed E-state index contributed by atoms with van der Waals surface area (Å²) in [4.78, 5) is 14.9. The Morgan fingerprint density at radius 3 is 2.06 bits per heavy atom. The number of nitrogen functional groups attached to an aromatic ring is 2. The first-order valence-electron chi connectivity index (χ1n) is 4.95. The van der Waals surface area contributed by atoms with Gasteiger partial charge in [0.05, 0.1) is 0 Å². The molecule has 0 saturated heterocycles. The Kier molecular flexibility index (Phi) is 4.35. The predicted molar refractivity (Wildman–Crippen MR) is 68.1 cm³/mol. The fourth-order valence-corrected chi connectivity index (χ4v) is 0.974. The molecule has 8 N–H and O–H groups in total. The van der Waals surface area contributed by atoms with Crippen molar-refractivity contribution < 1.29 is 0 Å². The maximum Gasteiger partial charge on any atom is 0.216 e. The number of rotatable bonds is 0. The zero-order chi connectivity index (χ0) is 12.8. The Balaban J connectivity index is 0.000000171. The lowest BCUT2D eigenvalue weighted by molar-refractivity contribution is 0.590. The van der Waals surface area contributed by atoms with Crippen LogP contribution in [0.5, 0.6) is 0 Å². The Morgan fingerprint density at radius 2 is 1.71 bits per heavy atom. The highest BCUT2D eigenvalue weighted by Crippen LogP contribution is 2.02. The van der Waals surface area contributed by atoms with Gasteiger partial charge >= 0.3 is 0 Å². The highest BCUT2D eigenvalue weighted by atomic mass is 15.1. The van der Waals surface area contributed by atoms with E-state index in [2.05, 4.69) is 20.0 Å². The third-order valence-corrected chi connectivity index (χ3v) is 1.97. The highest BCUT2D eigenvalue weighted by molar-refractivity contribution is 5.89. The molecule has 0 saturated carbocycles. The van der Waals surface area contributed by atoms with Crippen molar-refractivity contribution in [3.8, 4) is 0 Å². The monoisotopic (exact) mass is 236 g/mol. The second-order valence-corrected chi connectivity index (χ2v) is 3.48. The zero-order valence-corrected chi connectivity index (χ0v) is 9.49. The van der Waals surface area contributed by atoms with Gasteiger partial charge < -0.3 is 22.9 Å². The average Bonchev–Trinajstić information content (AvgIpc) is 2.24. The Morgan fingerprint density at radius 1 is 1.12 bits per heavy atom. The summed E-state index contributed by atoms with van der Waals surface area (Å²) in [6.07, 6.45) is 2.83. The summed E-state index contributed by atoms with van der Waals surface area (Å²) in [5, 5.41) is 0. The molecule has 8 nitrogen and oxygen atoms in total. The zero-order valence-electron chi connectivity index (χ0n) is 9.49. The Bertz CT molecular complexity index is 410. The molecule has 1 aliphatic rings.